The van der Waals surface area contributed by atoms with Crippen LogP contribution in [0.25, 0.3) is 10.9 Å². The summed E-state index contributed by atoms with van der Waals surface area (Å²) in [4.78, 5) is 19.6. The summed E-state index contributed by atoms with van der Waals surface area (Å²) in [6.45, 7) is -0.248. The van der Waals surface area contributed by atoms with E-state index < -0.39 is 41.3 Å². The second kappa shape index (κ2) is 7.76. The summed E-state index contributed by atoms with van der Waals surface area (Å²) < 4.78 is 34.5. The molecule has 3 aromatic rings. The molecule has 2 heterocycles. The molecular formula is C19H16ClF2N5O4. The minimum Gasteiger partial charge on any atom is -0.489 e. The average Bonchev–Trinajstić information content (AvgIpc) is 3.00. The SMILES string of the molecule is Nc1nc2cc(OCC3=C[C@@H](n4cnc(N)c(F)c4=O)[C@H](O)[C@@H]3O)cc(F)c2cc1Cl. The molecule has 0 saturated carbocycles. The largest absolute Gasteiger partial charge is 0.489 e. The third-order valence-corrected chi connectivity index (χ3v) is 5.27. The quantitative estimate of drug-likeness (QED) is 0.432. The van der Waals surface area contributed by atoms with Crippen molar-refractivity contribution in [2.24, 2.45) is 0 Å². The molecule has 1 aliphatic rings. The predicted octanol–water partition coefficient (Wildman–Crippen LogP) is 1.17. The number of aromatic nitrogens is 3. The first-order chi connectivity index (χ1) is 14.7. The van der Waals surface area contributed by atoms with Crippen LogP contribution in [0.4, 0.5) is 20.4 Å². The lowest BCUT2D eigenvalue weighted by Gasteiger charge is -2.19. The summed E-state index contributed by atoms with van der Waals surface area (Å²) in [5.41, 5.74) is 10.2. The van der Waals surface area contributed by atoms with Crippen LogP contribution in [0, 0.1) is 11.6 Å². The lowest BCUT2D eigenvalue weighted by Crippen LogP contribution is -2.36. The van der Waals surface area contributed by atoms with Gasteiger partial charge in [0, 0.05) is 17.5 Å². The molecule has 162 valence electrons. The highest BCUT2D eigenvalue weighted by Gasteiger charge is 2.37. The third kappa shape index (κ3) is 3.67. The molecule has 0 radical (unpaired) electrons. The van der Waals surface area contributed by atoms with Crippen LogP contribution < -0.4 is 21.8 Å². The number of hydrogen-bond donors (Lipinski definition) is 4. The minimum atomic E-state index is -1.46. The molecule has 1 aromatic carbocycles. The molecule has 12 heteroatoms. The van der Waals surface area contributed by atoms with Crippen LogP contribution in [0.5, 0.6) is 5.75 Å². The number of pyridine rings is 1. The van der Waals surface area contributed by atoms with Crippen molar-refractivity contribution in [3.05, 3.63) is 63.2 Å². The lowest BCUT2D eigenvalue weighted by molar-refractivity contribution is 0.0276. The summed E-state index contributed by atoms with van der Waals surface area (Å²) in [5.74, 6) is -2.37. The Labute approximate surface area is 178 Å². The Balaban J connectivity index is 1.60. The number of fused-ring (bicyclic) bond motifs is 1. The Kier molecular flexibility index (Phi) is 5.25. The molecule has 3 atom stereocenters. The number of halogens is 3. The molecule has 9 nitrogen and oxygen atoms in total. The van der Waals surface area contributed by atoms with Gasteiger partial charge in [-0.2, -0.15) is 4.39 Å². The fourth-order valence-corrected chi connectivity index (χ4v) is 3.47. The standard InChI is InChI=1S/C19H16ClF2N5O4/c20-10-4-9-11(21)2-8(3-12(9)26-17(10)23)31-5-7-1-13(16(29)15(7)28)27-6-25-18(24)14(22)19(27)30/h1-4,6,13,15-16,28-29H,5,24H2,(H2,23,26)/t13-,15-,16+/m1/s1. The molecular weight excluding hydrogens is 436 g/mol. The zero-order valence-corrected chi connectivity index (χ0v) is 16.4. The molecule has 0 fully saturated rings. The average molecular weight is 452 g/mol. The van der Waals surface area contributed by atoms with Gasteiger partial charge in [-0.15, -0.1) is 0 Å². The first-order valence-corrected chi connectivity index (χ1v) is 9.32. The summed E-state index contributed by atoms with van der Waals surface area (Å²) in [6.07, 6.45) is -0.545. The zero-order valence-electron chi connectivity index (χ0n) is 15.7. The van der Waals surface area contributed by atoms with Gasteiger partial charge in [0.1, 0.15) is 42.5 Å². The highest BCUT2D eigenvalue weighted by Crippen LogP contribution is 2.31. The van der Waals surface area contributed by atoms with Crippen molar-refractivity contribution in [1.82, 2.24) is 14.5 Å². The number of ether oxygens (including phenoxy) is 1. The van der Waals surface area contributed by atoms with E-state index in [0.717, 1.165) is 17.0 Å². The molecule has 0 saturated heterocycles. The van der Waals surface area contributed by atoms with E-state index in [1.807, 2.05) is 0 Å². The fraction of sp³-hybridized carbons (Fsp3) is 0.211. The van der Waals surface area contributed by atoms with Crippen LogP contribution >= 0.6 is 11.6 Å². The molecule has 0 unspecified atom stereocenters. The van der Waals surface area contributed by atoms with Crippen molar-refractivity contribution in [3.8, 4) is 5.75 Å². The molecule has 31 heavy (non-hydrogen) atoms. The van der Waals surface area contributed by atoms with Crippen molar-refractivity contribution < 1.29 is 23.7 Å². The molecule has 6 N–H and O–H groups in total. The number of rotatable bonds is 4. The van der Waals surface area contributed by atoms with E-state index >= 15 is 0 Å². The number of nitrogens with two attached hydrogens (primary N) is 2. The van der Waals surface area contributed by atoms with E-state index in [2.05, 4.69) is 9.97 Å². The summed E-state index contributed by atoms with van der Waals surface area (Å²) in [6, 6.07) is 2.79. The van der Waals surface area contributed by atoms with Crippen LogP contribution in [0.3, 0.4) is 0 Å². The maximum atomic E-state index is 14.4. The van der Waals surface area contributed by atoms with Crippen LogP contribution in [0.15, 0.2) is 41.0 Å². The van der Waals surface area contributed by atoms with Crippen molar-refractivity contribution in [2.45, 2.75) is 18.2 Å². The summed E-state index contributed by atoms with van der Waals surface area (Å²) >= 11 is 5.87. The second-order valence-electron chi connectivity index (χ2n) is 6.94. The van der Waals surface area contributed by atoms with Gasteiger partial charge in [-0.1, -0.05) is 17.7 Å². The maximum absolute atomic E-state index is 14.4. The zero-order chi connectivity index (χ0) is 22.4. The highest BCUT2D eigenvalue weighted by molar-refractivity contribution is 6.33. The first kappa shape index (κ1) is 21.0. The fourth-order valence-electron chi connectivity index (χ4n) is 3.32. The Morgan fingerprint density at radius 1 is 1.19 bits per heavy atom. The second-order valence-corrected chi connectivity index (χ2v) is 7.35. The van der Waals surface area contributed by atoms with Crippen LogP contribution in [-0.4, -0.2) is 43.6 Å². The summed E-state index contributed by atoms with van der Waals surface area (Å²) in [5, 5.41) is 20.9. The van der Waals surface area contributed by atoms with Gasteiger partial charge in [-0.25, -0.2) is 14.4 Å². The van der Waals surface area contributed by atoms with E-state index in [1.54, 1.807) is 0 Å². The van der Waals surface area contributed by atoms with E-state index in [0.29, 0.717) is 0 Å². The number of hydrogen-bond acceptors (Lipinski definition) is 8. The van der Waals surface area contributed by atoms with Gasteiger partial charge in [-0.3, -0.25) is 9.36 Å². The van der Waals surface area contributed by atoms with E-state index in [9.17, 15) is 23.8 Å². The van der Waals surface area contributed by atoms with E-state index in [4.69, 9.17) is 27.8 Å². The molecule has 0 amide bonds. The van der Waals surface area contributed by atoms with Crippen molar-refractivity contribution >= 4 is 34.1 Å². The topological polar surface area (TPSA) is 150 Å². The van der Waals surface area contributed by atoms with Crippen molar-refractivity contribution in [3.63, 3.8) is 0 Å². The maximum Gasteiger partial charge on any atom is 0.292 e. The number of aliphatic hydroxyl groups is 2. The van der Waals surface area contributed by atoms with Gasteiger partial charge >= 0.3 is 0 Å². The third-order valence-electron chi connectivity index (χ3n) is 4.97. The summed E-state index contributed by atoms with van der Waals surface area (Å²) in [7, 11) is 0. The number of nitrogen functional groups attached to an aromatic ring is 2. The van der Waals surface area contributed by atoms with Crippen LogP contribution in [-0.2, 0) is 0 Å². The Bertz CT molecular complexity index is 1280. The van der Waals surface area contributed by atoms with Gasteiger partial charge in [0.15, 0.2) is 5.82 Å². The van der Waals surface area contributed by atoms with E-state index in [1.165, 1.54) is 18.2 Å². The van der Waals surface area contributed by atoms with Gasteiger partial charge < -0.3 is 26.4 Å². The smallest absolute Gasteiger partial charge is 0.292 e. The number of aliphatic hydroxyl groups excluding tert-OH is 2. The minimum absolute atomic E-state index is 0.0281. The Morgan fingerprint density at radius 3 is 2.68 bits per heavy atom. The molecule has 0 spiro atoms. The predicted molar refractivity (Wildman–Crippen MR) is 109 cm³/mol. The lowest BCUT2D eigenvalue weighted by atomic mass is 10.1. The van der Waals surface area contributed by atoms with Crippen LogP contribution in [0.2, 0.25) is 5.02 Å². The van der Waals surface area contributed by atoms with Crippen molar-refractivity contribution in [1.29, 1.82) is 0 Å². The molecule has 2 aromatic heterocycles. The molecule has 0 aliphatic heterocycles. The van der Waals surface area contributed by atoms with Crippen molar-refractivity contribution in [2.75, 3.05) is 18.1 Å². The van der Waals surface area contributed by atoms with Gasteiger partial charge in [-0.05, 0) is 11.6 Å². The normalized spacial score (nSPS) is 20.8. The molecule has 4 rings (SSSR count). The van der Waals surface area contributed by atoms with Gasteiger partial charge in [0.05, 0.1) is 16.6 Å². The van der Waals surface area contributed by atoms with Gasteiger partial charge in [0.25, 0.3) is 5.56 Å². The number of benzene rings is 1. The van der Waals surface area contributed by atoms with E-state index in [-0.39, 0.29) is 39.7 Å². The monoisotopic (exact) mass is 451 g/mol. The number of nitrogens with zero attached hydrogens (tertiary/aromatic N) is 3. The van der Waals surface area contributed by atoms with Crippen LogP contribution in [0.1, 0.15) is 6.04 Å². The van der Waals surface area contributed by atoms with Gasteiger partial charge in [0.2, 0.25) is 5.82 Å². The Hall–Kier alpha value is -3.28. The number of anilines is 2. The molecule has 1 aliphatic carbocycles. The molecule has 0 bridgehead atoms. The highest BCUT2D eigenvalue weighted by atomic mass is 35.5. The first-order valence-electron chi connectivity index (χ1n) is 8.94. The Morgan fingerprint density at radius 2 is 1.94 bits per heavy atom.